The number of nitrogens with zero attached hydrogens (tertiary/aromatic N) is 2. The molecule has 6 nitrogen and oxygen atoms in total. The molecule has 4 fully saturated rings. The van der Waals surface area contributed by atoms with Crippen molar-refractivity contribution in [2.45, 2.75) is 44.1 Å². The van der Waals surface area contributed by atoms with Crippen LogP contribution in [0.2, 0.25) is 0 Å². The van der Waals surface area contributed by atoms with Crippen LogP contribution in [0.15, 0.2) is 4.79 Å². The smallest absolute Gasteiger partial charge is 0.373 e. The number of aromatic carboxylic acids is 1. The fourth-order valence-corrected chi connectivity index (χ4v) is 5.07. The summed E-state index contributed by atoms with van der Waals surface area (Å²) in [5.74, 6) is 0.690. The fourth-order valence-electron chi connectivity index (χ4n) is 5.07. The molecule has 0 spiro atoms. The van der Waals surface area contributed by atoms with E-state index in [0.717, 1.165) is 19.3 Å². The van der Waals surface area contributed by atoms with Gasteiger partial charge >= 0.3 is 11.7 Å². The highest BCUT2D eigenvalue weighted by molar-refractivity contribution is 5.82. The second-order valence-electron chi connectivity index (χ2n) is 6.64. The molecule has 0 amide bonds. The minimum absolute atomic E-state index is 0.212. The van der Waals surface area contributed by atoms with Gasteiger partial charge in [0.05, 0.1) is 5.54 Å². The maximum atomic E-state index is 12.0. The topological polar surface area (TPSA) is 88.0 Å². The molecule has 102 valence electrons. The Morgan fingerprint density at radius 1 is 1.21 bits per heavy atom. The van der Waals surface area contributed by atoms with Crippen molar-refractivity contribution in [3.05, 3.63) is 16.3 Å². The van der Waals surface area contributed by atoms with E-state index in [0.29, 0.717) is 17.8 Å². The van der Waals surface area contributed by atoms with Crippen LogP contribution in [0.25, 0.3) is 0 Å². The quantitative estimate of drug-likeness (QED) is 0.839. The highest BCUT2D eigenvalue weighted by Gasteiger charge is 2.53. The molecular weight excluding hydrogens is 246 g/mol. The Morgan fingerprint density at radius 2 is 1.74 bits per heavy atom. The molecule has 0 radical (unpaired) electrons. The van der Waals surface area contributed by atoms with Crippen molar-refractivity contribution < 1.29 is 9.90 Å². The van der Waals surface area contributed by atoms with Crippen LogP contribution in [0.5, 0.6) is 0 Å². The lowest BCUT2D eigenvalue weighted by Crippen LogP contribution is -2.54. The molecule has 4 aliphatic carbocycles. The van der Waals surface area contributed by atoms with Crippen LogP contribution in [0.1, 0.15) is 49.1 Å². The Hall–Kier alpha value is -1.59. The summed E-state index contributed by atoms with van der Waals surface area (Å²) in [7, 11) is 0. The number of hydrogen-bond donors (Lipinski definition) is 2. The van der Waals surface area contributed by atoms with E-state index in [4.69, 9.17) is 5.11 Å². The summed E-state index contributed by atoms with van der Waals surface area (Å²) in [5.41, 5.74) is -0.574. The third-order valence-electron chi connectivity index (χ3n) is 5.28. The molecule has 1 aromatic rings. The minimum Gasteiger partial charge on any atom is -0.475 e. The zero-order valence-electron chi connectivity index (χ0n) is 10.6. The van der Waals surface area contributed by atoms with E-state index >= 15 is 0 Å². The van der Waals surface area contributed by atoms with Crippen LogP contribution in [0, 0.1) is 17.8 Å². The van der Waals surface area contributed by atoms with Crippen molar-refractivity contribution in [3.63, 3.8) is 0 Å². The van der Waals surface area contributed by atoms with E-state index in [-0.39, 0.29) is 17.1 Å². The van der Waals surface area contributed by atoms with Gasteiger partial charge in [-0.25, -0.2) is 14.3 Å². The summed E-state index contributed by atoms with van der Waals surface area (Å²) >= 11 is 0. The number of H-pyrrole nitrogens is 1. The van der Waals surface area contributed by atoms with Gasteiger partial charge in [-0.15, -0.1) is 5.10 Å². The van der Waals surface area contributed by atoms with Crippen LogP contribution in [-0.4, -0.2) is 25.8 Å². The van der Waals surface area contributed by atoms with E-state index in [1.165, 1.54) is 23.9 Å². The lowest BCUT2D eigenvalue weighted by molar-refractivity contribution is -0.0513. The predicted molar refractivity (Wildman–Crippen MR) is 66.0 cm³/mol. The maximum Gasteiger partial charge on any atom is 0.373 e. The van der Waals surface area contributed by atoms with Crippen LogP contribution in [0.3, 0.4) is 0 Å². The van der Waals surface area contributed by atoms with E-state index in [1.807, 2.05) is 0 Å². The van der Waals surface area contributed by atoms with Gasteiger partial charge in [0.2, 0.25) is 5.82 Å². The van der Waals surface area contributed by atoms with Gasteiger partial charge in [-0.1, -0.05) is 0 Å². The zero-order valence-corrected chi connectivity index (χ0v) is 10.6. The third-order valence-corrected chi connectivity index (χ3v) is 5.28. The fraction of sp³-hybridized carbons (Fsp3) is 0.769. The molecule has 0 aliphatic heterocycles. The van der Waals surface area contributed by atoms with Gasteiger partial charge in [0.15, 0.2) is 0 Å². The number of carboxylic acids is 1. The van der Waals surface area contributed by atoms with Gasteiger partial charge in [-0.3, -0.25) is 4.98 Å². The van der Waals surface area contributed by atoms with E-state index in [2.05, 4.69) is 10.1 Å². The monoisotopic (exact) mass is 263 g/mol. The molecule has 0 unspecified atom stereocenters. The molecule has 0 saturated heterocycles. The molecule has 2 N–H and O–H groups in total. The summed E-state index contributed by atoms with van der Waals surface area (Å²) in [5, 5.41) is 13.0. The van der Waals surface area contributed by atoms with E-state index in [9.17, 15) is 9.59 Å². The molecule has 4 bridgehead atoms. The van der Waals surface area contributed by atoms with Crippen LogP contribution in [0.4, 0.5) is 0 Å². The Bertz CT molecular complexity index is 565. The SMILES string of the molecule is O=C(O)c1nn(C23CC4CC(CC(C4)C2)C3)c(=O)[nH]1. The number of nitrogens with one attached hydrogen (secondary N) is 1. The largest absolute Gasteiger partial charge is 0.475 e. The molecule has 1 aromatic heterocycles. The average molecular weight is 263 g/mol. The molecule has 4 saturated carbocycles. The van der Waals surface area contributed by atoms with Crippen molar-refractivity contribution in [1.82, 2.24) is 14.8 Å². The van der Waals surface area contributed by atoms with Gasteiger partial charge in [0.1, 0.15) is 0 Å². The van der Waals surface area contributed by atoms with Gasteiger partial charge < -0.3 is 5.11 Å². The normalized spacial score (nSPS) is 39.7. The van der Waals surface area contributed by atoms with Gasteiger partial charge in [0, 0.05) is 0 Å². The van der Waals surface area contributed by atoms with Crippen molar-refractivity contribution in [2.24, 2.45) is 17.8 Å². The summed E-state index contributed by atoms with van der Waals surface area (Å²) < 4.78 is 1.46. The molecule has 0 atom stereocenters. The Morgan fingerprint density at radius 3 is 2.16 bits per heavy atom. The Labute approximate surface area is 109 Å². The number of hydrogen-bond acceptors (Lipinski definition) is 3. The van der Waals surface area contributed by atoms with Crippen molar-refractivity contribution in [2.75, 3.05) is 0 Å². The first-order valence-corrected chi connectivity index (χ1v) is 6.99. The minimum atomic E-state index is -1.17. The molecule has 1 heterocycles. The van der Waals surface area contributed by atoms with Crippen LogP contribution < -0.4 is 5.69 Å². The highest BCUT2D eigenvalue weighted by atomic mass is 16.4. The summed E-state index contributed by atoms with van der Waals surface area (Å²) in [6, 6.07) is 0. The zero-order chi connectivity index (χ0) is 13.2. The second kappa shape index (κ2) is 3.49. The number of aromatic nitrogens is 3. The predicted octanol–water partition coefficient (Wildman–Crippen LogP) is 1.19. The summed E-state index contributed by atoms with van der Waals surface area (Å²) in [6.45, 7) is 0. The standard InChI is InChI=1S/C13H17N3O3/c17-11(18)10-14-12(19)16(15-10)13-4-7-1-8(5-13)3-9(2-7)6-13/h7-9H,1-6H2,(H,17,18)(H,14,15,19). The first-order chi connectivity index (χ1) is 9.06. The lowest BCUT2D eigenvalue weighted by atomic mass is 9.53. The number of rotatable bonds is 2. The lowest BCUT2D eigenvalue weighted by Gasteiger charge is -2.56. The number of carbonyl (C=O) groups is 1. The molecule has 6 heteroatoms. The first-order valence-electron chi connectivity index (χ1n) is 6.99. The van der Waals surface area contributed by atoms with E-state index < -0.39 is 5.97 Å². The van der Waals surface area contributed by atoms with Gasteiger partial charge in [-0.05, 0) is 56.3 Å². The molecule has 4 aliphatic rings. The summed E-state index contributed by atoms with van der Waals surface area (Å²) in [6.07, 6.45) is 6.81. The van der Waals surface area contributed by atoms with Crippen LogP contribution in [-0.2, 0) is 5.54 Å². The van der Waals surface area contributed by atoms with E-state index in [1.54, 1.807) is 0 Å². The second-order valence-corrected chi connectivity index (χ2v) is 6.64. The van der Waals surface area contributed by atoms with Gasteiger partial charge in [0.25, 0.3) is 0 Å². The first kappa shape index (κ1) is 11.3. The van der Waals surface area contributed by atoms with Crippen molar-refractivity contribution in [3.8, 4) is 0 Å². The Kier molecular flexibility index (Phi) is 2.07. The average Bonchev–Trinajstić information content (AvgIpc) is 2.70. The van der Waals surface area contributed by atoms with Crippen molar-refractivity contribution in [1.29, 1.82) is 0 Å². The molecule has 19 heavy (non-hydrogen) atoms. The number of carboxylic acid groups (broad SMARTS) is 1. The number of aromatic amines is 1. The van der Waals surface area contributed by atoms with Crippen LogP contribution >= 0.6 is 0 Å². The highest BCUT2D eigenvalue weighted by Crippen LogP contribution is 2.58. The molecule has 5 rings (SSSR count). The Balaban J connectivity index is 1.79. The molecular formula is C13H17N3O3. The van der Waals surface area contributed by atoms with Crippen molar-refractivity contribution >= 4 is 5.97 Å². The summed E-state index contributed by atoms with van der Waals surface area (Å²) in [4.78, 5) is 25.4. The third kappa shape index (κ3) is 1.52. The van der Waals surface area contributed by atoms with Gasteiger partial charge in [-0.2, -0.15) is 0 Å². The molecule has 0 aromatic carbocycles. The maximum absolute atomic E-state index is 12.0.